The fourth-order valence-corrected chi connectivity index (χ4v) is 4.02. The average Bonchev–Trinajstić information content (AvgIpc) is 3.45. The third-order valence-electron chi connectivity index (χ3n) is 5.15. The van der Waals surface area contributed by atoms with Crippen molar-refractivity contribution in [1.29, 1.82) is 0 Å². The highest BCUT2D eigenvalue weighted by Crippen LogP contribution is 2.17. The number of aliphatic carboxylic acids is 2. The van der Waals surface area contributed by atoms with Gasteiger partial charge in [0.2, 0.25) is 0 Å². The van der Waals surface area contributed by atoms with E-state index in [1.165, 1.54) is 11.7 Å². The minimum absolute atomic E-state index is 0.0632. The van der Waals surface area contributed by atoms with Gasteiger partial charge in [0.05, 0.1) is 29.3 Å². The molecule has 0 saturated carbocycles. The van der Waals surface area contributed by atoms with Crippen molar-refractivity contribution in [2.45, 2.75) is 6.54 Å². The molecular weight excluding hydrogens is 448 g/mol. The van der Waals surface area contributed by atoms with Gasteiger partial charge in [-0.05, 0) is 30.3 Å². The lowest BCUT2D eigenvalue weighted by molar-refractivity contribution is -0.159. The molecule has 1 aliphatic heterocycles. The van der Waals surface area contributed by atoms with Crippen molar-refractivity contribution in [2.24, 2.45) is 0 Å². The normalized spacial score (nSPS) is 14.1. The number of aromatic nitrogens is 4. The summed E-state index contributed by atoms with van der Waals surface area (Å²) < 4.78 is 8.41. The lowest BCUT2D eigenvalue weighted by atomic mass is 10.1. The number of benzene rings is 2. The molecule has 4 aromatic rings. The number of carboxylic acid groups (broad SMARTS) is 2. The Kier molecular flexibility index (Phi) is 6.56. The Morgan fingerprint density at radius 3 is 2.30 bits per heavy atom. The molecule has 0 spiro atoms. The van der Waals surface area contributed by atoms with Crippen LogP contribution in [0.2, 0.25) is 0 Å². The van der Waals surface area contributed by atoms with Crippen molar-refractivity contribution in [3.8, 4) is 0 Å². The van der Waals surface area contributed by atoms with Gasteiger partial charge < -0.3 is 20.1 Å². The maximum absolute atomic E-state index is 12.8. The van der Waals surface area contributed by atoms with Crippen LogP contribution in [0.3, 0.4) is 0 Å². The van der Waals surface area contributed by atoms with Gasteiger partial charge in [-0.3, -0.25) is 9.69 Å². The molecule has 12 heteroatoms. The summed E-state index contributed by atoms with van der Waals surface area (Å²) >= 11 is 1.17. The Morgan fingerprint density at radius 2 is 1.61 bits per heavy atom. The predicted molar refractivity (Wildman–Crippen MR) is 120 cm³/mol. The van der Waals surface area contributed by atoms with Gasteiger partial charge in [-0.2, -0.15) is 8.75 Å². The second-order valence-electron chi connectivity index (χ2n) is 7.35. The first-order valence-electron chi connectivity index (χ1n) is 10.0. The fourth-order valence-electron chi connectivity index (χ4n) is 3.50. The number of hydrogen-bond acceptors (Lipinski definition) is 8. The lowest BCUT2D eigenvalue weighted by Gasteiger charge is -2.34. The molecule has 3 heterocycles. The van der Waals surface area contributed by atoms with Crippen LogP contribution < -0.4 is 0 Å². The first-order chi connectivity index (χ1) is 15.9. The van der Waals surface area contributed by atoms with Gasteiger partial charge in [0.15, 0.2) is 0 Å². The summed E-state index contributed by atoms with van der Waals surface area (Å²) in [7, 11) is 0. The fraction of sp³-hybridized carbons (Fsp3) is 0.238. The number of carbonyl (C=O) groups excluding carboxylic acids is 1. The van der Waals surface area contributed by atoms with Crippen LogP contribution in [0.15, 0.2) is 42.5 Å². The molecule has 0 unspecified atom stereocenters. The standard InChI is InChI=1S/C19H18N6OS.C2H2O4/c26-19(13-5-6-16-17(11-13)23-27-22-16)25-9-7-24(8-10-25)12-18-20-14-3-1-2-4-15(14)21-18;3-1(4)2(5)6/h1-6,11H,7-10,12H2,(H,20,21);(H,3,4)(H,5,6). The number of carbonyl (C=O) groups is 3. The molecule has 0 bridgehead atoms. The van der Waals surface area contributed by atoms with Crippen molar-refractivity contribution in [1.82, 2.24) is 28.5 Å². The largest absolute Gasteiger partial charge is 0.473 e. The maximum Gasteiger partial charge on any atom is 0.414 e. The molecule has 33 heavy (non-hydrogen) atoms. The number of nitrogens with zero attached hydrogens (tertiary/aromatic N) is 5. The number of carboxylic acids is 2. The van der Waals surface area contributed by atoms with Gasteiger partial charge in [0.1, 0.15) is 16.9 Å². The number of H-pyrrole nitrogens is 1. The minimum Gasteiger partial charge on any atom is -0.473 e. The van der Waals surface area contributed by atoms with Crippen molar-refractivity contribution < 1.29 is 24.6 Å². The average molecular weight is 468 g/mol. The zero-order valence-corrected chi connectivity index (χ0v) is 18.2. The molecule has 170 valence electrons. The van der Waals surface area contributed by atoms with Crippen LogP contribution in [0.1, 0.15) is 16.2 Å². The Morgan fingerprint density at radius 1 is 0.909 bits per heavy atom. The Balaban J connectivity index is 0.000000385. The van der Waals surface area contributed by atoms with Crippen LogP contribution in [0.25, 0.3) is 22.1 Å². The molecule has 11 nitrogen and oxygen atoms in total. The van der Waals surface area contributed by atoms with Gasteiger partial charge in [0, 0.05) is 31.7 Å². The Labute approximate surface area is 191 Å². The molecule has 1 amide bonds. The maximum atomic E-state index is 12.8. The first-order valence-corrected chi connectivity index (χ1v) is 10.8. The summed E-state index contributed by atoms with van der Waals surface area (Å²) in [5.74, 6) is -2.62. The summed E-state index contributed by atoms with van der Waals surface area (Å²) in [6, 6.07) is 13.6. The van der Waals surface area contributed by atoms with E-state index in [0.29, 0.717) is 18.7 Å². The van der Waals surface area contributed by atoms with Crippen molar-refractivity contribution in [3.63, 3.8) is 0 Å². The first kappa shape index (κ1) is 22.3. The van der Waals surface area contributed by atoms with E-state index in [1.54, 1.807) is 0 Å². The number of hydrogen-bond donors (Lipinski definition) is 3. The van der Waals surface area contributed by atoms with E-state index in [0.717, 1.165) is 47.5 Å². The van der Waals surface area contributed by atoms with Crippen LogP contribution in [-0.4, -0.2) is 82.8 Å². The van der Waals surface area contributed by atoms with E-state index >= 15 is 0 Å². The number of amides is 1. The van der Waals surface area contributed by atoms with E-state index in [-0.39, 0.29) is 5.91 Å². The van der Waals surface area contributed by atoms with Gasteiger partial charge in [-0.1, -0.05) is 12.1 Å². The quantitative estimate of drug-likeness (QED) is 0.381. The zero-order valence-electron chi connectivity index (χ0n) is 17.3. The van der Waals surface area contributed by atoms with E-state index in [2.05, 4.69) is 23.6 Å². The van der Waals surface area contributed by atoms with Crippen molar-refractivity contribution >= 4 is 51.6 Å². The van der Waals surface area contributed by atoms with Gasteiger partial charge in [-0.15, -0.1) is 0 Å². The van der Waals surface area contributed by atoms with E-state index in [9.17, 15) is 4.79 Å². The minimum atomic E-state index is -1.82. The number of para-hydroxylation sites is 2. The predicted octanol–water partition coefficient (Wildman–Crippen LogP) is 1.68. The highest BCUT2D eigenvalue weighted by atomic mass is 32.1. The van der Waals surface area contributed by atoms with Crippen LogP contribution >= 0.6 is 11.7 Å². The molecule has 1 fully saturated rings. The van der Waals surface area contributed by atoms with Crippen molar-refractivity contribution in [3.05, 3.63) is 53.9 Å². The topological polar surface area (TPSA) is 153 Å². The molecular formula is C21H20N6O5S. The van der Waals surface area contributed by atoms with Crippen LogP contribution in [0.4, 0.5) is 0 Å². The number of nitrogens with one attached hydrogen (secondary N) is 1. The molecule has 0 radical (unpaired) electrons. The highest BCUT2D eigenvalue weighted by Gasteiger charge is 2.23. The number of aromatic amines is 1. The molecule has 1 aliphatic rings. The monoisotopic (exact) mass is 468 g/mol. The summed E-state index contributed by atoms with van der Waals surface area (Å²) in [5, 5.41) is 14.8. The SMILES string of the molecule is O=C(O)C(=O)O.O=C(c1ccc2nsnc2c1)N1CCN(Cc2nc3ccccc3[nH]2)CC1. The summed E-state index contributed by atoms with van der Waals surface area (Å²) in [5.41, 5.74) is 4.36. The third-order valence-corrected chi connectivity index (χ3v) is 5.71. The van der Waals surface area contributed by atoms with Gasteiger partial charge >= 0.3 is 11.9 Å². The molecule has 1 saturated heterocycles. The van der Waals surface area contributed by atoms with Crippen LogP contribution in [0.5, 0.6) is 0 Å². The van der Waals surface area contributed by atoms with Crippen LogP contribution in [-0.2, 0) is 16.1 Å². The molecule has 0 aliphatic carbocycles. The zero-order chi connectivity index (χ0) is 23.4. The molecule has 3 N–H and O–H groups in total. The van der Waals surface area contributed by atoms with Gasteiger partial charge in [0.25, 0.3) is 5.91 Å². The van der Waals surface area contributed by atoms with E-state index in [1.807, 2.05) is 47.4 Å². The second-order valence-corrected chi connectivity index (χ2v) is 7.88. The number of piperazine rings is 1. The van der Waals surface area contributed by atoms with Crippen molar-refractivity contribution in [2.75, 3.05) is 26.2 Å². The summed E-state index contributed by atoms with van der Waals surface area (Å²) in [4.78, 5) is 43.2. The number of rotatable bonds is 3. The Hall–Kier alpha value is -3.90. The molecule has 2 aromatic heterocycles. The van der Waals surface area contributed by atoms with Crippen LogP contribution in [0, 0.1) is 0 Å². The molecule has 2 aromatic carbocycles. The van der Waals surface area contributed by atoms with E-state index < -0.39 is 11.9 Å². The summed E-state index contributed by atoms with van der Waals surface area (Å²) in [6.07, 6.45) is 0. The smallest absolute Gasteiger partial charge is 0.414 e. The Bertz CT molecular complexity index is 1270. The molecule has 5 rings (SSSR count). The summed E-state index contributed by atoms with van der Waals surface area (Å²) in [6.45, 7) is 3.87. The second kappa shape index (κ2) is 9.71. The number of imidazole rings is 1. The number of fused-ring (bicyclic) bond motifs is 2. The highest BCUT2D eigenvalue weighted by molar-refractivity contribution is 7.00. The lowest BCUT2D eigenvalue weighted by Crippen LogP contribution is -2.48. The molecule has 0 atom stereocenters. The third kappa shape index (κ3) is 5.30. The van der Waals surface area contributed by atoms with Gasteiger partial charge in [-0.25, -0.2) is 14.6 Å². The van der Waals surface area contributed by atoms with E-state index in [4.69, 9.17) is 19.8 Å².